The van der Waals surface area contributed by atoms with Crippen LogP contribution in [0.3, 0.4) is 0 Å². The van der Waals surface area contributed by atoms with Crippen molar-refractivity contribution in [3.63, 3.8) is 0 Å². The molecule has 1 atom stereocenters. The normalized spacial score (nSPS) is 21.5. The van der Waals surface area contributed by atoms with Crippen molar-refractivity contribution in [3.8, 4) is 0 Å². The van der Waals surface area contributed by atoms with Gasteiger partial charge in [0.2, 0.25) is 0 Å². The molecule has 1 aliphatic carbocycles. The third kappa shape index (κ3) is 2.29. The highest BCUT2D eigenvalue weighted by atomic mass is 32.1. The number of likely N-dealkylation sites (tertiary alicyclic amines) is 1. The third-order valence-corrected chi connectivity index (χ3v) is 5.83. The first-order chi connectivity index (χ1) is 10.3. The number of aromatic amines is 1. The van der Waals surface area contributed by atoms with E-state index in [1.54, 1.807) is 17.5 Å². The Morgan fingerprint density at radius 3 is 3.10 bits per heavy atom. The largest absolute Gasteiger partial charge is 0.329 e. The summed E-state index contributed by atoms with van der Waals surface area (Å²) in [5.74, 6) is 0.202. The molecule has 1 saturated heterocycles. The predicted octanol–water partition coefficient (Wildman–Crippen LogP) is 3.33. The van der Waals surface area contributed by atoms with Gasteiger partial charge in [-0.15, -0.1) is 11.3 Å². The number of hydrogen-bond donors (Lipinski definition) is 1. The van der Waals surface area contributed by atoms with E-state index in [2.05, 4.69) is 16.3 Å². The fourth-order valence-electron chi connectivity index (χ4n) is 3.53. The average Bonchev–Trinajstić information content (AvgIpc) is 3.22. The molecular weight excluding hydrogens is 282 g/mol. The SMILES string of the molecule is O=C(c1cc2c(s1)CCC2)N1CCCCC1c1ccn[nH]1. The lowest BCUT2D eigenvalue weighted by Gasteiger charge is -2.34. The van der Waals surface area contributed by atoms with E-state index in [0.29, 0.717) is 0 Å². The monoisotopic (exact) mass is 301 g/mol. The summed E-state index contributed by atoms with van der Waals surface area (Å²) < 4.78 is 0. The minimum atomic E-state index is 0.158. The van der Waals surface area contributed by atoms with Crippen LogP contribution in [0.1, 0.15) is 57.5 Å². The van der Waals surface area contributed by atoms with Crippen molar-refractivity contribution in [2.45, 2.75) is 44.6 Å². The molecular formula is C16H19N3OS. The number of aryl methyl sites for hydroxylation is 2. The van der Waals surface area contributed by atoms with E-state index in [-0.39, 0.29) is 11.9 Å². The van der Waals surface area contributed by atoms with Gasteiger partial charge < -0.3 is 4.90 Å². The first-order valence-corrected chi connectivity index (χ1v) is 8.56. The van der Waals surface area contributed by atoms with Crippen molar-refractivity contribution in [2.24, 2.45) is 0 Å². The highest BCUT2D eigenvalue weighted by molar-refractivity contribution is 7.14. The molecule has 4 rings (SSSR count). The molecule has 3 heterocycles. The minimum absolute atomic E-state index is 0.158. The van der Waals surface area contributed by atoms with Crippen LogP contribution in [0.4, 0.5) is 0 Å². The second kappa shape index (κ2) is 5.30. The molecule has 2 aromatic heterocycles. The number of piperidine rings is 1. The van der Waals surface area contributed by atoms with Crippen molar-refractivity contribution in [2.75, 3.05) is 6.54 Å². The average molecular weight is 301 g/mol. The molecule has 21 heavy (non-hydrogen) atoms. The van der Waals surface area contributed by atoms with Gasteiger partial charge in [-0.1, -0.05) is 0 Å². The zero-order valence-electron chi connectivity index (χ0n) is 12.0. The summed E-state index contributed by atoms with van der Waals surface area (Å²) in [7, 11) is 0. The Kier molecular flexibility index (Phi) is 3.30. The van der Waals surface area contributed by atoms with Gasteiger partial charge in [-0.05, 0) is 56.2 Å². The number of carbonyl (C=O) groups excluding carboxylic acids is 1. The van der Waals surface area contributed by atoms with Crippen LogP contribution in [0, 0.1) is 0 Å². The van der Waals surface area contributed by atoms with Crippen LogP contribution in [0.25, 0.3) is 0 Å². The van der Waals surface area contributed by atoms with Crippen LogP contribution in [-0.4, -0.2) is 27.5 Å². The van der Waals surface area contributed by atoms with Gasteiger partial charge in [-0.2, -0.15) is 5.10 Å². The summed E-state index contributed by atoms with van der Waals surface area (Å²) in [6, 6.07) is 4.28. The number of rotatable bonds is 2. The molecule has 1 unspecified atom stereocenters. The van der Waals surface area contributed by atoms with Gasteiger partial charge in [-0.25, -0.2) is 0 Å². The van der Waals surface area contributed by atoms with Crippen molar-refractivity contribution in [1.29, 1.82) is 0 Å². The van der Waals surface area contributed by atoms with Gasteiger partial charge in [-0.3, -0.25) is 9.89 Å². The summed E-state index contributed by atoms with van der Waals surface area (Å²) >= 11 is 1.71. The summed E-state index contributed by atoms with van der Waals surface area (Å²) in [6.45, 7) is 0.852. The van der Waals surface area contributed by atoms with Crippen molar-refractivity contribution in [1.82, 2.24) is 15.1 Å². The molecule has 110 valence electrons. The zero-order chi connectivity index (χ0) is 14.2. The fourth-order valence-corrected chi connectivity index (χ4v) is 4.74. The molecule has 2 aromatic rings. The molecule has 0 bridgehead atoms. The summed E-state index contributed by atoms with van der Waals surface area (Å²) in [5.41, 5.74) is 2.46. The van der Waals surface area contributed by atoms with Gasteiger partial charge in [0, 0.05) is 17.6 Å². The Labute approximate surface area is 128 Å². The van der Waals surface area contributed by atoms with E-state index in [1.807, 2.05) is 11.0 Å². The number of aromatic nitrogens is 2. The topological polar surface area (TPSA) is 49.0 Å². The molecule has 4 nitrogen and oxygen atoms in total. The first kappa shape index (κ1) is 13.1. The van der Waals surface area contributed by atoms with Crippen LogP contribution in [0.15, 0.2) is 18.3 Å². The standard InChI is InChI=1S/C16H19N3OS/c20-16(15-10-11-4-3-6-14(11)21-15)19-9-2-1-5-13(19)12-7-8-17-18-12/h7-8,10,13H,1-6,9H2,(H,17,18). The molecule has 0 saturated carbocycles. The molecule has 1 aliphatic heterocycles. The highest BCUT2D eigenvalue weighted by Gasteiger charge is 2.31. The number of nitrogens with zero attached hydrogens (tertiary/aromatic N) is 2. The molecule has 1 fully saturated rings. The Balaban J connectivity index is 1.61. The van der Waals surface area contributed by atoms with Gasteiger partial charge in [0.15, 0.2) is 0 Å². The molecule has 1 amide bonds. The fraction of sp³-hybridized carbons (Fsp3) is 0.500. The summed E-state index contributed by atoms with van der Waals surface area (Å²) in [4.78, 5) is 17.3. The van der Waals surface area contributed by atoms with Gasteiger partial charge >= 0.3 is 0 Å². The number of nitrogens with one attached hydrogen (secondary N) is 1. The van der Waals surface area contributed by atoms with Crippen LogP contribution in [0.2, 0.25) is 0 Å². The third-order valence-electron chi connectivity index (χ3n) is 4.60. The van der Waals surface area contributed by atoms with Crippen molar-refractivity contribution in [3.05, 3.63) is 39.3 Å². The van der Waals surface area contributed by atoms with Gasteiger partial charge in [0.05, 0.1) is 16.6 Å². The predicted molar refractivity (Wildman–Crippen MR) is 82.6 cm³/mol. The second-order valence-corrected chi connectivity index (χ2v) is 7.07. The first-order valence-electron chi connectivity index (χ1n) is 7.75. The lowest BCUT2D eigenvalue weighted by atomic mass is 9.99. The Morgan fingerprint density at radius 1 is 1.33 bits per heavy atom. The summed E-state index contributed by atoms with van der Waals surface area (Å²) in [6.07, 6.45) is 8.61. The van der Waals surface area contributed by atoms with E-state index in [1.165, 1.54) is 23.3 Å². The Morgan fingerprint density at radius 2 is 2.29 bits per heavy atom. The van der Waals surface area contributed by atoms with Crippen LogP contribution in [0.5, 0.6) is 0 Å². The summed E-state index contributed by atoms with van der Waals surface area (Å²) in [5, 5.41) is 7.09. The van der Waals surface area contributed by atoms with Crippen LogP contribution >= 0.6 is 11.3 Å². The van der Waals surface area contributed by atoms with Crippen LogP contribution < -0.4 is 0 Å². The lowest BCUT2D eigenvalue weighted by molar-refractivity contribution is 0.0611. The van der Waals surface area contributed by atoms with Crippen molar-refractivity contribution < 1.29 is 4.79 Å². The minimum Gasteiger partial charge on any atom is -0.329 e. The maximum atomic E-state index is 12.9. The second-order valence-electron chi connectivity index (χ2n) is 5.93. The zero-order valence-corrected chi connectivity index (χ0v) is 12.8. The molecule has 2 aliphatic rings. The van der Waals surface area contributed by atoms with E-state index in [0.717, 1.165) is 42.8 Å². The molecule has 1 N–H and O–H groups in total. The smallest absolute Gasteiger partial charge is 0.264 e. The molecule has 0 radical (unpaired) electrons. The van der Waals surface area contributed by atoms with E-state index < -0.39 is 0 Å². The number of fused-ring (bicyclic) bond motifs is 1. The number of amides is 1. The number of H-pyrrole nitrogens is 1. The lowest BCUT2D eigenvalue weighted by Crippen LogP contribution is -2.38. The van der Waals surface area contributed by atoms with E-state index in [4.69, 9.17) is 0 Å². The Hall–Kier alpha value is -1.62. The van der Waals surface area contributed by atoms with E-state index in [9.17, 15) is 4.79 Å². The number of carbonyl (C=O) groups is 1. The number of hydrogen-bond acceptors (Lipinski definition) is 3. The molecule has 0 aromatic carbocycles. The molecule has 0 spiro atoms. The van der Waals surface area contributed by atoms with Crippen LogP contribution in [-0.2, 0) is 12.8 Å². The highest BCUT2D eigenvalue weighted by Crippen LogP contribution is 2.35. The van der Waals surface area contributed by atoms with Gasteiger partial charge in [0.1, 0.15) is 0 Å². The van der Waals surface area contributed by atoms with E-state index >= 15 is 0 Å². The number of thiophene rings is 1. The maximum Gasteiger partial charge on any atom is 0.264 e. The Bertz CT molecular complexity index is 625. The maximum absolute atomic E-state index is 12.9. The van der Waals surface area contributed by atoms with Gasteiger partial charge in [0.25, 0.3) is 5.91 Å². The van der Waals surface area contributed by atoms with Crippen molar-refractivity contribution >= 4 is 17.2 Å². The quantitative estimate of drug-likeness (QED) is 0.925. The molecule has 5 heteroatoms.